The monoisotopic (exact) mass is 506 g/mol. The summed E-state index contributed by atoms with van der Waals surface area (Å²) in [6.07, 6.45) is 3.91. The molecule has 4 saturated carbocycles. The summed E-state index contributed by atoms with van der Waals surface area (Å²) in [6, 6.07) is 0. The van der Waals surface area contributed by atoms with E-state index in [-0.39, 0.29) is 48.2 Å². The number of aliphatic hydroxyl groups excluding tert-OH is 2. The Bertz CT molecular complexity index is 965. The molecule has 0 aromatic rings. The van der Waals surface area contributed by atoms with Gasteiger partial charge in [0.05, 0.1) is 34.9 Å². The molecule has 0 aromatic heterocycles. The first-order valence-corrected chi connectivity index (χ1v) is 13.1. The predicted molar refractivity (Wildman–Crippen MR) is 125 cm³/mol. The standard InChI is InChI=1S/C27H38O9/c1-15(30)35-16-12-21(32)26(14-29)17-4-8-24(2)19-6-10-27(24,18(17)5-9-25(26,33)13-16)36-23(34-3)22(19)20(31)7-11-28/h7,11,14,16-19,21-23,28,32-33H,4-6,8-10,12-13H2,1-3H3. The molecule has 36 heavy (non-hydrogen) atoms. The summed E-state index contributed by atoms with van der Waals surface area (Å²) in [4.78, 5) is 37.5. The molecule has 11 atom stereocenters. The molecule has 0 spiro atoms. The molecule has 9 heteroatoms. The average Bonchev–Trinajstić information content (AvgIpc) is 2.98. The molecule has 0 radical (unpaired) electrons. The molecule has 1 saturated heterocycles. The number of ketones is 1. The Labute approximate surface area is 211 Å². The first kappa shape index (κ1) is 25.8. The van der Waals surface area contributed by atoms with E-state index in [0.717, 1.165) is 19.0 Å². The van der Waals surface area contributed by atoms with Crippen LogP contribution in [0.25, 0.3) is 0 Å². The minimum absolute atomic E-state index is 0.0153. The van der Waals surface area contributed by atoms with E-state index in [1.165, 1.54) is 20.1 Å². The van der Waals surface area contributed by atoms with Crippen LogP contribution in [0.15, 0.2) is 12.3 Å². The van der Waals surface area contributed by atoms with Gasteiger partial charge in [0.1, 0.15) is 12.4 Å². The molecule has 2 bridgehead atoms. The Morgan fingerprint density at radius 3 is 2.42 bits per heavy atom. The van der Waals surface area contributed by atoms with Crippen molar-refractivity contribution in [3.63, 3.8) is 0 Å². The van der Waals surface area contributed by atoms with Crippen LogP contribution < -0.4 is 0 Å². The number of esters is 1. The van der Waals surface area contributed by atoms with Crippen LogP contribution in [-0.4, -0.2) is 70.2 Å². The van der Waals surface area contributed by atoms with Crippen LogP contribution in [0.2, 0.25) is 0 Å². The number of rotatable bonds is 5. The number of carbonyl (C=O) groups excluding carboxylic acids is 3. The van der Waals surface area contributed by atoms with Crippen LogP contribution in [-0.2, 0) is 28.6 Å². The normalized spacial score (nSPS) is 51.6. The van der Waals surface area contributed by atoms with Crippen molar-refractivity contribution in [2.24, 2.45) is 34.5 Å². The van der Waals surface area contributed by atoms with Gasteiger partial charge in [0.15, 0.2) is 12.1 Å². The van der Waals surface area contributed by atoms with Crippen LogP contribution in [0.4, 0.5) is 0 Å². The van der Waals surface area contributed by atoms with Crippen LogP contribution in [0.1, 0.15) is 65.2 Å². The summed E-state index contributed by atoms with van der Waals surface area (Å²) >= 11 is 0. The van der Waals surface area contributed by atoms with Gasteiger partial charge in [0.2, 0.25) is 0 Å². The molecular formula is C27H38O9. The number of fused-ring (bicyclic) bond motifs is 3. The summed E-state index contributed by atoms with van der Waals surface area (Å²) in [5.74, 6) is -1.70. The van der Waals surface area contributed by atoms with Gasteiger partial charge in [-0.2, -0.15) is 0 Å². The van der Waals surface area contributed by atoms with Crippen molar-refractivity contribution >= 4 is 18.0 Å². The van der Waals surface area contributed by atoms with Gasteiger partial charge in [-0.25, -0.2) is 0 Å². The second-order valence-electron chi connectivity index (χ2n) is 12.0. The van der Waals surface area contributed by atoms with Gasteiger partial charge in [0.25, 0.3) is 0 Å². The summed E-state index contributed by atoms with van der Waals surface area (Å²) in [5.41, 5.74) is -3.90. The second kappa shape index (κ2) is 8.61. The maximum Gasteiger partial charge on any atom is 0.302 e. The first-order valence-electron chi connectivity index (χ1n) is 13.1. The minimum atomic E-state index is -1.49. The third kappa shape index (κ3) is 3.12. The summed E-state index contributed by atoms with van der Waals surface area (Å²) in [5, 5.41) is 32.6. The predicted octanol–water partition coefficient (Wildman–Crippen LogP) is 2.22. The highest BCUT2D eigenvalue weighted by molar-refractivity contribution is 5.92. The van der Waals surface area contributed by atoms with E-state index in [1.807, 2.05) is 0 Å². The first-order chi connectivity index (χ1) is 17.0. The van der Waals surface area contributed by atoms with Crippen LogP contribution >= 0.6 is 0 Å². The van der Waals surface area contributed by atoms with Crippen molar-refractivity contribution in [1.82, 2.24) is 0 Å². The molecular weight excluding hydrogens is 468 g/mol. The van der Waals surface area contributed by atoms with Gasteiger partial charge >= 0.3 is 5.97 Å². The Kier molecular flexibility index (Phi) is 6.18. The van der Waals surface area contributed by atoms with Crippen molar-refractivity contribution in [3.05, 3.63) is 12.3 Å². The summed E-state index contributed by atoms with van der Waals surface area (Å²) in [6.45, 7) is 3.46. The topological polar surface area (TPSA) is 140 Å². The summed E-state index contributed by atoms with van der Waals surface area (Å²) < 4.78 is 17.8. The van der Waals surface area contributed by atoms with Gasteiger partial charge in [-0.1, -0.05) is 6.92 Å². The van der Waals surface area contributed by atoms with Crippen molar-refractivity contribution in [2.45, 2.75) is 94.9 Å². The van der Waals surface area contributed by atoms with Gasteiger partial charge in [0, 0.05) is 38.4 Å². The zero-order valence-corrected chi connectivity index (χ0v) is 21.2. The van der Waals surface area contributed by atoms with E-state index >= 15 is 0 Å². The minimum Gasteiger partial charge on any atom is -0.515 e. The fourth-order valence-electron chi connectivity index (χ4n) is 9.62. The van der Waals surface area contributed by atoms with Gasteiger partial charge in [-0.3, -0.25) is 9.59 Å². The van der Waals surface area contributed by atoms with E-state index in [9.17, 15) is 29.7 Å². The maximum atomic E-state index is 13.0. The largest absolute Gasteiger partial charge is 0.515 e. The molecule has 11 unspecified atom stereocenters. The number of methoxy groups -OCH3 is 1. The van der Waals surface area contributed by atoms with E-state index in [0.29, 0.717) is 25.7 Å². The maximum absolute atomic E-state index is 13.0. The number of aliphatic hydroxyl groups is 3. The second-order valence-corrected chi connectivity index (χ2v) is 12.0. The van der Waals surface area contributed by atoms with Gasteiger partial charge in [-0.15, -0.1) is 0 Å². The highest BCUT2D eigenvalue weighted by Crippen LogP contribution is 2.73. The lowest BCUT2D eigenvalue weighted by molar-refractivity contribution is -0.343. The average molecular weight is 507 g/mol. The van der Waals surface area contributed by atoms with E-state index in [1.54, 1.807) is 0 Å². The van der Waals surface area contributed by atoms with Crippen molar-refractivity contribution in [2.75, 3.05) is 7.11 Å². The van der Waals surface area contributed by atoms with Crippen molar-refractivity contribution in [3.8, 4) is 0 Å². The molecule has 9 nitrogen and oxygen atoms in total. The highest BCUT2D eigenvalue weighted by Gasteiger charge is 2.77. The number of ether oxygens (including phenoxy) is 3. The Hall–Kier alpha value is -1.81. The molecule has 3 N–H and O–H groups in total. The van der Waals surface area contributed by atoms with Crippen LogP contribution in [0.3, 0.4) is 0 Å². The molecule has 1 heterocycles. The van der Waals surface area contributed by atoms with Crippen molar-refractivity contribution in [1.29, 1.82) is 0 Å². The fraction of sp³-hybridized carbons (Fsp3) is 0.815. The van der Waals surface area contributed by atoms with Crippen LogP contribution in [0, 0.1) is 34.5 Å². The molecule has 0 amide bonds. The number of carbonyl (C=O) groups is 3. The third-order valence-electron chi connectivity index (χ3n) is 10.9. The van der Waals surface area contributed by atoms with Gasteiger partial charge < -0.3 is 34.3 Å². The smallest absolute Gasteiger partial charge is 0.302 e. The molecule has 4 aliphatic carbocycles. The molecule has 5 aliphatic rings. The number of hydrogen-bond acceptors (Lipinski definition) is 9. The number of hydrogen-bond donors (Lipinski definition) is 3. The molecule has 1 aliphatic heterocycles. The summed E-state index contributed by atoms with van der Waals surface area (Å²) in [7, 11) is 1.51. The zero-order chi connectivity index (χ0) is 26.1. The number of allylic oxidation sites excluding steroid dienone is 1. The van der Waals surface area contributed by atoms with E-state index < -0.39 is 47.0 Å². The Balaban J connectivity index is 1.54. The number of aldehydes is 1. The van der Waals surface area contributed by atoms with Crippen molar-refractivity contribution < 1.29 is 43.9 Å². The molecule has 5 fully saturated rings. The SMILES string of the molecule is COC1OC23CCC(C1C(=O)C=CO)C2(C)CCC1C3CCC2(O)CC(OC(C)=O)CC(O)C12C=O. The van der Waals surface area contributed by atoms with Crippen LogP contribution in [0.5, 0.6) is 0 Å². The lowest BCUT2D eigenvalue weighted by Crippen LogP contribution is -2.74. The third-order valence-corrected chi connectivity index (χ3v) is 10.9. The Morgan fingerprint density at radius 1 is 1.08 bits per heavy atom. The molecule has 200 valence electrons. The van der Waals surface area contributed by atoms with E-state index in [2.05, 4.69) is 6.92 Å². The lowest BCUT2D eigenvalue weighted by Gasteiger charge is -2.68. The zero-order valence-electron chi connectivity index (χ0n) is 21.2. The molecule has 0 aromatic carbocycles. The quantitative estimate of drug-likeness (QED) is 0.222. The van der Waals surface area contributed by atoms with E-state index in [4.69, 9.17) is 14.2 Å². The molecule has 5 rings (SSSR count). The fourth-order valence-corrected chi connectivity index (χ4v) is 9.62. The lowest BCUT2D eigenvalue weighted by atomic mass is 9.40. The Morgan fingerprint density at radius 2 is 1.78 bits per heavy atom. The van der Waals surface area contributed by atoms with Gasteiger partial charge in [-0.05, 0) is 56.3 Å². The highest BCUT2D eigenvalue weighted by atomic mass is 16.7.